The second kappa shape index (κ2) is 14.0. The fourth-order valence-electron chi connectivity index (χ4n) is 2.75. The third-order valence-corrected chi connectivity index (χ3v) is 4.83. The average Bonchev–Trinajstić information content (AvgIpc) is 2.84. The Kier molecular flexibility index (Phi) is 11.1. The van der Waals surface area contributed by atoms with Gasteiger partial charge in [-0.25, -0.2) is 4.79 Å². The van der Waals surface area contributed by atoms with Crippen molar-refractivity contribution in [1.82, 2.24) is 0 Å². The van der Waals surface area contributed by atoms with Crippen molar-refractivity contribution >= 4 is 24.1 Å². The lowest BCUT2D eigenvalue weighted by atomic mass is 10.1. The maximum Gasteiger partial charge on any atom is 0.514 e. The van der Waals surface area contributed by atoms with E-state index in [9.17, 15) is 19.2 Å². The molecule has 0 saturated carbocycles. The van der Waals surface area contributed by atoms with Gasteiger partial charge in [-0.05, 0) is 43.2 Å². The Labute approximate surface area is 216 Å². The van der Waals surface area contributed by atoms with Gasteiger partial charge in [-0.1, -0.05) is 52.0 Å². The standard InChI is InChI=1S/C27H33NO9/c1-16(2)24(29)36-22-12-11-19(14-23(22)37-25(30)17(3)4)13-21(28)26(31)33-15-18(5)34-27(32)35-20-9-7-6-8-10-20/h6-12,14,16-18,21H,13,15,28H2,1-5H3/t18-,21-/m0/s1. The van der Waals surface area contributed by atoms with E-state index in [0.29, 0.717) is 11.3 Å². The van der Waals surface area contributed by atoms with E-state index in [0.717, 1.165) is 0 Å². The van der Waals surface area contributed by atoms with Crippen LogP contribution in [0.2, 0.25) is 0 Å². The van der Waals surface area contributed by atoms with Gasteiger partial charge in [-0.3, -0.25) is 14.4 Å². The number of rotatable bonds is 11. The van der Waals surface area contributed by atoms with Gasteiger partial charge in [0.15, 0.2) is 11.5 Å². The molecule has 0 aliphatic carbocycles. The highest BCUT2D eigenvalue weighted by atomic mass is 16.7. The summed E-state index contributed by atoms with van der Waals surface area (Å²) < 4.78 is 26.0. The molecule has 37 heavy (non-hydrogen) atoms. The molecule has 2 N–H and O–H groups in total. The van der Waals surface area contributed by atoms with Gasteiger partial charge in [0.2, 0.25) is 0 Å². The predicted octanol–water partition coefficient (Wildman–Crippen LogP) is 3.83. The SMILES string of the molecule is CC(C)C(=O)Oc1ccc(C[C@H](N)C(=O)OC[C@H](C)OC(=O)Oc2ccccc2)cc1OC(=O)C(C)C. The molecule has 0 saturated heterocycles. The summed E-state index contributed by atoms with van der Waals surface area (Å²) >= 11 is 0. The summed E-state index contributed by atoms with van der Waals surface area (Å²) in [4.78, 5) is 48.4. The number of esters is 3. The molecule has 2 aromatic carbocycles. The molecular formula is C27H33NO9. The molecule has 0 fully saturated rings. The van der Waals surface area contributed by atoms with E-state index < -0.39 is 42.1 Å². The lowest BCUT2D eigenvalue weighted by molar-refractivity contribution is -0.148. The largest absolute Gasteiger partial charge is 0.514 e. The smallest absolute Gasteiger partial charge is 0.461 e. The van der Waals surface area contributed by atoms with Gasteiger partial charge in [-0.15, -0.1) is 0 Å². The summed E-state index contributed by atoms with van der Waals surface area (Å²) in [5.74, 6) is -2.07. The molecule has 0 aromatic heterocycles. The predicted molar refractivity (Wildman–Crippen MR) is 133 cm³/mol. The number of nitrogens with two attached hydrogens (primary N) is 1. The van der Waals surface area contributed by atoms with Crippen molar-refractivity contribution in [3.8, 4) is 17.2 Å². The van der Waals surface area contributed by atoms with Crippen LogP contribution in [-0.2, 0) is 30.3 Å². The van der Waals surface area contributed by atoms with Crippen molar-refractivity contribution in [2.75, 3.05) is 6.61 Å². The lowest BCUT2D eigenvalue weighted by Crippen LogP contribution is -2.36. The first-order valence-corrected chi connectivity index (χ1v) is 11.9. The van der Waals surface area contributed by atoms with E-state index in [2.05, 4.69) is 0 Å². The highest BCUT2D eigenvalue weighted by Crippen LogP contribution is 2.30. The topological polar surface area (TPSA) is 140 Å². The van der Waals surface area contributed by atoms with Gasteiger partial charge in [0, 0.05) is 0 Å². The molecule has 200 valence electrons. The first kappa shape index (κ1) is 29.3. The van der Waals surface area contributed by atoms with Gasteiger partial charge in [0.05, 0.1) is 11.8 Å². The fourth-order valence-corrected chi connectivity index (χ4v) is 2.75. The second-order valence-corrected chi connectivity index (χ2v) is 8.97. The number of carbonyl (C=O) groups is 4. The van der Waals surface area contributed by atoms with Gasteiger partial charge in [-0.2, -0.15) is 0 Å². The molecule has 10 heteroatoms. The number of hydrogen-bond donors (Lipinski definition) is 1. The molecule has 2 aromatic rings. The van der Waals surface area contributed by atoms with Gasteiger partial charge < -0.3 is 29.4 Å². The minimum Gasteiger partial charge on any atom is -0.461 e. The maximum atomic E-state index is 12.4. The van der Waals surface area contributed by atoms with Gasteiger partial charge in [0.1, 0.15) is 24.5 Å². The summed E-state index contributed by atoms with van der Waals surface area (Å²) in [5.41, 5.74) is 6.55. The highest BCUT2D eigenvalue weighted by molar-refractivity contribution is 5.78. The van der Waals surface area contributed by atoms with E-state index in [-0.39, 0.29) is 30.4 Å². The average molecular weight is 516 g/mol. The Morgan fingerprint density at radius 2 is 1.35 bits per heavy atom. The number of para-hydroxylation sites is 1. The highest BCUT2D eigenvalue weighted by Gasteiger charge is 2.22. The summed E-state index contributed by atoms with van der Waals surface area (Å²) in [6, 6.07) is 11.9. The van der Waals surface area contributed by atoms with Gasteiger partial charge in [0.25, 0.3) is 0 Å². The summed E-state index contributed by atoms with van der Waals surface area (Å²) in [5, 5.41) is 0. The number of carbonyl (C=O) groups excluding carboxylic acids is 4. The van der Waals surface area contributed by atoms with E-state index in [4.69, 9.17) is 29.4 Å². The minimum absolute atomic E-state index is 0.0460. The molecule has 0 unspecified atom stereocenters. The summed E-state index contributed by atoms with van der Waals surface area (Å²) in [6.45, 7) is 8.02. The van der Waals surface area contributed by atoms with Crippen LogP contribution in [0, 0.1) is 11.8 Å². The zero-order valence-corrected chi connectivity index (χ0v) is 21.6. The molecule has 0 spiro atoms. The van der Waals surface area contributed by atoms with Gasteiger partial charge >= 0.3 is 24.1 Å². The third kappa shape index (κ3) is 9.92. The molecular weight excluding hydrogens is 482 g/mol. The third-order valence-electron chi connectivity index (χ3n) is 4.83. The Balaban J connectivity index is 1.95. The maximum absolute atomic E-state index is 12.4. The van der Waals surface area contributed by atoms with Crippen molar-refractivity contribution < 1.29 is 42.9 Å². The van der Waals surface area contributed by atoms with Crippen LogP contribution < -0.4 is 19.9 Å². The van der Waals surface area contributed by atoms with E-state index in [1.807, 2.05) is 0 Å². The van der Waals surface area contributed by atoms with Crippen LogP contribution in [0.3, 0.4) is 0 Å². The van der Waals surface area contributed by atoms with E-state index >= 15 is 0 Å². The molecule has 0 heterocycles. The Morgan fingerprint density at radius 1 is 0.757 bits per heavy atom. The molecule has 0 aliphatic rings. The Hall–Kier alpha value is -3.92. The first-order chi connectivity index (χ1) is 17.5. The molecule has 2 rings (SSSR count). The zero-order chi connectivity index (χ0) is 27.5. The quantitative estimate of drug-likeness (QED) is 0.267. The first-order valence-electron chi connectivity index (χ1n) is 11.9. The Morgan fingerprint density at radius 3 is 1.95 bits per heavy atom. The van der Waals surface area contributed by atoms with E-state index in [1.54, 1.807) is 64.1 Å². The fraction of sp³-hybridized carbons (Fsp3) is 0.407. The minimum atomic E-state index is -1.05. The molecule has 10 nitrogen and oxygen atoms in total. The molecule has 0 radical (unpaired) electrons. The molecule has 0 aliphatic heterocycles. The van der Waals surface area contributed by atoms with Crippen LogP contribution in [0.25, 0.3) is 0 Å². The van der Waals surface area contributed by atoms with E-state index in [1.165, 1.54) is 19.1 Å². The number of hydrogen-bond acceptors (Lipinski definition) is 10. The van der Waals surface area contributed by atoms with Crippen molar-refractivity contribution in [3.05, 3.63) is 54.1 Å². The molecule has 0 amide bonds. The van der Waals surface area contributed by atoms with Crippen LogP contribution in [-0.4, -0.2) is 42.8 Å². The summed E-state index contributed by atoms with van der Waals surface area (Å²) in [7, 11) is 0. The van der Waals surface area contributed by atoms with Crippen LogP contribution in [0.5, 0.6) is 17.2 Å². The van der Waals surface area contributed by atoms with Crippen molar-refractivity contribution in [3.63, 3.8) is 0 Å². The number of benzene rings is 2. The van der Waals surface area contributed by atoms with Crippen molar-refractivity contribution in [2.45, 2.75) is 53.2 Å². The normalized spacial score (nSPS) is 12.4. The Bertz CT molecular complexity index is 1080. The van der Waals surface area contributed by atoms with Crippen LogP contribution in [0.4, 0.5) is 4.79 Å². The number of ether oxygens (including phenoxy) is 5. The zero-order valence-electron chi connectivity index (χ0n) is 21.6. The van der Waals surface area contributed by atoms with Crippen molar-refractivity contribution in [2.24, 2.45) is 17.6 Å². The van der Waals surface area contributed by atoms with Crippen LogP contribution >= 0.6 is 0 Å². The molecule has 0 bridgehead atoms. The molecule has 2 atom stereocenters. The second-order valence-electron chi connectivity index (χ2n) is 8.97. The van der Waals surface area contributed by atoms with Crippen molar-refractivity contribution in [1.29, 1.82) is 0 Å². The van der Waals surface area contributed by atoms with Crippen LogP contribution in [0.1, 0.15) is 40.2 Å². The monoisotopic (exact) mass is 515 g/mol. The summed E-state index contributed by atoms with van der Waals surface area (Å²) in [6.07, 6.45) is -1.65. The lowest BCUT2D eigenvalue weighted by Gasteiger charge is -2.17. The van der Waals surface area contributed by atoms with Crippen LogP contribution in [0.15, 0.2) is 48.5 Å².